The van der Waals surface area contributed by atoms with E-state index in [0.717, 1.165) is 43.5 Å². The van der Waals surface area contributed by atoms with E-state index in [0.29, 0.717) is 5.69 Å². The molecular formula is C21H24FNO5S. The Kier molecular flexibility index (Phi) is 8.33. The van der Waals surface area contributed by atoms with Crippen molar-refractivity contribution in [1.82, 2.24) is 0 Å². The van der Waals surface area contributed by atoms with Crippen LogP contribution in [-0.4, -0.2) is 32.7 Å². The molecule has 156 valence electrons. The summed E-state index contributed by atoms with van der Waals surface area (Å²) >= 11 is 0. The molecule has 0 aliphatic rings. The minimum absolute atomic E-state index is 0.0770. The Balaban J connectivity index is 1.75. The Hall–Kier alpha value is -2.74. The van der Waals surface area contributed by atoms with E-state index in [1.165, 1.54) is 5.56 Å². The van der Waals surface area contributed by atoms with Gasteiger partial charge in [0.1, 0.15) is 5.82 Å². The minimum atomic E-state index is -3.74. The number of rotatable bonds is 10. The van der Waals surface area contributed by atoms with Crippen molar-refractivity contribution in [1.29, 1.82) is 0 Å². The first kappa shape index (κ1) is 22.5. The zero-order valence-electron chi connectivity index (χ0n) is 16.2. The number of unbranched alkanes of at least 4 members (excludes halogenated alkanes) is 1. The molecule has 0 saturated carbocycles. The largest absolute Gasteiger partial charge is 0.456 e. The summed E-state index contributed by atoms with van der Waals surface area (Å²) in [6.07, 6.45) is 2.77. The van der Waals surface area contributed by atoms with Crippen LogP contribution < -0.4 is 5.32 Å². The molecule has 0 heterocycles. The number of nitrogens with one attached hydrogen (secondary N) is 1. The second-order valence-electron chi connectivity index (χ2n) is 6.53. The molecule has 0 radical (unpaired) electrons. The maximum atomic E-state index is 12.9. The van der Waals surface area contributed by atoms with Gasteiger partial charge in [-0.25, -0.2) is 12.8 Å². The van der Waals surface area contributed by atoms with Gasteiger partial charge in [-0.1, -0.05) is 25.5 Å². The highest BCUT2D eigenvalue weighted by Gasteiger charge is 2.18. The van der Waals surface area contributed by atoms with E-state index in [1.54, 1.807) is 12.1 Å². The molecule has 2 aromatic rings. The number of carbonyl (C=O) groups is 2. The van der Waals surface area contributed by atoms with Gasteiger partial charge in [0, 0.05) is 5.69 Å². The average molecular weight is 421 g/mol. The first-order chi connectivity index (χ1) is 13.8. The highest BCUT2D eigenvalue weighted by molar-refractivity contribution is 7.91. The molecule has 0 atom stereocenters. The van der Waals surface area contributed by atoms with Crippen LogP contribution >= 0.6 is 0 Å². The third-order valence-corrected chi connectivity index (χ3v) is 5.90. The van der Waals surface area contributed by atoms with Crippen LogP contribution in [0.15, 0.2) is 53.4 Å². The van der Waals surface area contributed by atoms with Crippen LogP contribution in [0.5, 0.6) is 0 Å². The highest BCUT2D eigenvalue weighted by atomic mass is 32.2. The highest BCUT2D eigenvalue weighted by Crippen LogP contribution is 2.14. The lowest BCUT2D eigenvalue weighted by atomic mass is 10.1. The SMILES string of the molecule is CCCCc1ccc(NC(=O)COC(=O)CCS(=O)(=O)c2ccc(F)cc2)cc1. The Morgan fingerprint density at radius 3 is 2.31 bits per heavy atom. The molecule has 0 unspecified atom stereocenters. The van der Waals surface area contributed by atoms with Gasteiger partial charge in [0.15, 0.2) is 16.4 Å². The van der Waals surface area contributed by atoms with Crippen LogP contribution in [0.1, 0.15) is 31.7 Å². The number of ether oxygens (including phenoxy) is 1. The predicted molar refractivity (Wildman–Crippen MR) is 108 cm³/mol. The van der Waals surface area contributed by atoms with Gasteiger partial charge in [-0.3, -0.25) is 9.59 Å². The fourth-order valence-corrected chi connectivity index (χ4v) is 3.75. The summed E-state index contributed by atoms with van der Waals surface area (Å²) in [6.45, 7) is 1.61. The van der Waals surface area contributed by atoms with Crippen molar-refractivity contribution in [3.8, 4) is 0 Å². The molecule has 0 aliphatic heterocycles. The van der Waals surface area contributed by atoms with E-state index < -0.39 is 46.3 Å². The van der Waals surface area contributed by atoms with Crippen molar-refractivity contribution >= 4 is 27.4 Å². The van der Waals surface area contributed by atoms with E-state index in [1.807, 2.05) is 12.1 Å². The predicted octanol–water partition coefficient (Wildman–Crippen LogP) is 3.51. The number of halogens is 1. The van der Waals surface area contributed by atoms with Gasteiger partial charge in [0.05, 0.1) is 17.1 Å². The maximum absolute atomic E-state index is 12.9. The molecule has 8 heteroatoms. The number of hydrogen-bond acceptors (Lipinski definition) is 5. The van der Waals surface area contributed by atoms with Crippen molar-refractivity contribution < 1.29 is 27.1 Å². The van der Waals surface area contributed by atoms with Crippen molar-refractivity contribution in [3.05, 3.63) is 59.9 Å². The maximum Gasteiger partial charge on any atom is 0.307 e. The van der Waals surface area contributed by atoms with E-state index in [4.69, 9.17) is 4.74 Å². The number of esters is 1. The summed E-state index contributed by atoms with van der Waals surface area (Å²) in [4.78, 5) is 23.6. The number of amides is 1. The molecule has 0 aliphatic carbocycles. The molecule has 1 N–H and O–H groups in total. The third-order valence-electron chi connectivity index (χ3n) is 4.17. The summed E-state index contributed by atoms with van der Waals surface area (Å²) in [5.41, 5.74) is 1.77. The number of sulfone groups is 1. The van der Waals surface area contributed by atoms with Gasteiger partial charge in [0.2, 0.25) is 0 Å². The molecule has 0 spiro atoms. The monoisotopic (exact) mass is 421 g/mol. The molecule has 0 saturated heterocycles. The van der Waals surface area contributed by atoms with E-state index in [-0.39, 0.29) is 4.90 Å². The van der Waals surface area contributed by atoms with Crippen LogP contribution in [0, 0.1) is 5.82 Å². The topological polar surface area (TPSA) is 89.5 Å². The second-order valence-corrected chi connectivity index (χ2v) is 8.64. The van der Waals surface area contributed by atoms with Crippen LogP contribution in [0.2, 0.25) is 0 Å². The van der Waals surface area contributed by atoms with Gasteiger partial charge < -0.3 is 10.1 Å². The molecule has 0 aromatic heterocycles. The van der Waals surface area contributed by atoms with Crippen LogP contribution in [-0.2, 0) is 30.6 Å². The standard InChI is InChI=1S/C21H24FNO5S/c1-2-3-4-16-5-9-18(10-6-16)23-20(24)15-28-21(25)13-14-29(26,27)19-11-7-17(22)8-12-19/h5-12H,2-4,13-15H2,1H3,(H,23,24). The summed E-state index contributed by atoms with van der Waals surface area (Å²) in [5, 5.41) is 2.61. The lowest BCUT2D eigenvalue weighted by molar-refractivity contribution is -0.146. The summed E-state index contributed by atoms with van der Waals surface area (Å²) in [7, 11) is -3.74. The third kappa shape index (κ3) is 7.65. The van der Waals surface area contributed by atoms with Crippen molar-refractivity contribution in [3.63, 3.8) is 0 Å². The number of anilines is 1. The van der Waals surface area contributed by atoms with Gasteiger partial charge in [-0.2, -0.15) is 0 Å². The molecule has 0 fully saturated rings. The minimum Gasteiger partial charge on any atom is -0.456 e. The van der Waals surface area contributed by atoms with Crippen LogP contribution in [0.4, 0.5) is 10.1 Å². The van der Waals surface area contributed by atoms with Gasteiger partial charge in [0.25, 0.3) is 5.91 Å². The van der Waals surface area contributed by atoms with Crippen LogP contribution in [0.25, 0.3) is 0 Å². The molecule has 2 aromatic carbocycles. The summed E-state index contributed by atoms with van der Waals surface area (Å²) < 4.78 is 41.9. The van der Waals surface area contributed by atoms with Gasteiger partial charge in [-0.05, 0) is 54.8 Å². The average Bonchev–Trinajstić information content (AvgIpc) is 2.70. The van der Waals surface area contributed by atoms with E-state index in [2.05, 4.69) is 12.2 Å². The Bertz CT molecular complexity index is 925. The Labute approximate surface area is 170 Å². The van der Waals surface area contributed by atoms with E-state index in [9.17, 15) is 22.4 Å². The number of aryl methyl sites for hydroxylation is 1. The smallest absolute Gasteiger partial charge is 0.307 e. The number of carbonyl (C=O) groups excluding carboxylic acids is 2. The second kappa shape index (κ2) is 10.7. The molecule has 1 amide bonds. The zero-order valence-corrected chi connectivity index (χ0v) is 17.0. The molecule has 6 nitrogen and oxygen atoms in total. The van der Waals surface area contributed by atoms with Crippen LogP contribution in [0.3, 0.4) is 0 Å². The number of benzene rings is 2. The molecule has 2 rings (SSSR count). The Morgan fingerprint density at radius 1 is 1.03 bits per heavy atom. The van der Waals surface area contributed by atoms with Crippen molar-refractivity contribution in [2.75, 3.05) is 17.7 Å². The van der Waals surface area contributed by atoms with Crippen molar-refractivity contribution in [2.45, 2.75) is 37.5 Å². The lowest BCUT2D eigenvalue weighted by Gasteiger charge is -2.08. The van der Waals surface area contributed by atoms with Gasteiger partial charge in [-0.15, -0.1) is 0 Å². The molecule has 0 bridgehead atoms. The first-order valence-corrected chi connectivity index (χ1v) is 11.0. The fraction of sp³-hybridized carbons (Fsp3) is 0.333. The number of hydrogen-bond donors (Lipinski definition) is 1. The van der Waals surface area contributed by atoms with Crippen molar-refractivity contribution in [2.24, 2.45) is 0 Å². The summed E-state index contributed by atoms with van der Waals surface area (Å²) in [6, 6.07) is 11.8. The molecule has 29 heavy (non-hydrogen) atoms. The molecular weight excluding hydrogens is 397 g/mol. The normalized spacial score (nSPS) is 11.1. The first-order valence-electron chi connectivity index (χ1n) is 9.33. The lowest BCUT2D eigenvalue weighted by Crippen LogP contribution is -2.22. The summed E-state index contributed by atoms with van der Waals surface area (Å²) in [5.74, 6) is -2.36. The van der Waals surface area contributed by atoms with E-state index >= 15 is 0 Å². The Morgan fingerprint density at radius 2 is 1.69 bits per heavy atom. The fourth-order valence-electron chi connectivity index (χ4n) is 2.53. The van der Waals surface area contributed by atoms with Gasteiger partial charge >= 0.3 is 5.97 Å². The quantitative estimate of drug-likeness (QED) is 0.468. The zero-order chi connectivity index (χ0) is 21.3.